The number of para-hydroxylation sites is 1. The van der Waals surface area contributed by atoms with Gasteiger partial charge in [0.25, 0.3) is 0 Å². The second-order valence-corrected chi connectivity index (χ2v) is 10.6. The van der Waals surface area contributed by atoms with E-state index >= 15 is 0 Å². The Kier molecular flexibility index (Phi) is 6.21. The van der Waals surface area contributed by atoms with Gasteiger partial charge >= 0.3 is 5.97 Å². The van der Waals surface area contributed by atoms with E-state index in [1.807, 2.05) is 30.5 Å². The van der Waals surface area contributed by atoms with E-state index in [9.17, 15) is 4.79 Å². The van der Waals surface area contributed by atoms with Gasteiger partial charge in [0, 0.05) is 30.5 Å². The zero-order chi connectivity index (χ0) is 27.1. The van der Waals surface area contributed by atoms with Crippen LogP contribution in [0.3, 0.4) is 0 Å². The van der Waals surface area contributed by atoms with E-state index in [0.717, 1.165) is 44.6 Å². The highest BCUT2D eigenvalue weighted by Gasteiger charge is 2.22. The Morgan fingerprint density at radius 2 is 1.77 bits per heavy atom. The van der Waals surface area contributed by atoms with Crippen LogP contribution < -0.4 is 9.74 Å². The van der Waals surface area contributed by atoms with Crippen LogP contribution in [0.2, 0.25) is 0 Å². The number of aromatic nitrogens is 6. The lowest BCUT2D eigenvalue weighted by molar-refractivity contribution is 0.0409. The summed E-state index contributed by atoms with van der Waals surface area (Å²) in [6.45, 7) is 1.01. The number of carbonyl (C=O) groups excluding carboxylic acids is 1. The van der Waals surface area contributed by atoms with Gasteiger partial charge in [-0.05, 0) is 73.0 Å². The second kappa shape index (κ2) is 10.2. The fourth-order valence-electron chi connectivity index (χ4n) is 5.02. The third-order valence-electron chi connectivity index (χ3n) is 7.12. The summed E-state index contributed by atoms with van der Waals surface area (Å²) < 4.78 is 7.48. The molecule has 0 spiro atoms. The maximum Gasteiger partial charge on any atom is 0.365 e. The van der Waals surface area contributed by atoms with E-state index in [-0.39, 0.29) is 6.23 Å². The van der Waals surface area contributed by atoms with Crippen molar-refractivity contribution < 1.29 is 14.4 Å². The van der Waals surface area contributed by atoms with Crippen molar-refractivity contribution in [3.8, 4) is 21.8 Å². The molecule has 3 aromatic carbocycles. The van der Waals surface area contributed by atoms with Gasteiger partial charge in [0.1, 0.15) is 22.3 Å². The molecule has 0 aliphatic carbocycles. The number of nitrogens with zero attached hydrogens (tertiary/aromatic N) is 7. The molecule has 0 N–H and O–H groups in total. The Morgan fingerprint density at radius 3 is 2.58 bits per heavy atom. The number of imidazole rings is 1. The second-order valence-electron chi connectivity index (χ2n) is 9.59. The summed E-state index contributed by atoms with van der Waals surface area (Å²) in [5, 5.41) is 13.6. The molecule has 3 aromatic heterocycles. The number of fused-ring (bicyclic) bond motifs is 2. The maximum atomic E-state index is 12.7. The molecule has 40 heavy (non-hydrogen) atoms. The summed E-state index contributed by atoms with van der Waals surface area (Å²) >= 11 is 1.54. The number of anilines is 1. The SMILES string of the molecule is COC1CCCCN1c1ccc(-c2nn3cc(-c4ccc(C(=O)On5nnc6ccccc65)cc4)nc3s2)cc1. The number of piperidine rings is 1. The lowest BCUT2D eigenvalue weighted by Gasteiger charge is -2.36. The predicted octanol–water partition coefficient (Wildman–Crippen LogP) is 5.10. The monoisotopic (exact) mass is 551 g/mol. The topological polar surface area (TPSA) is 99.7 Å². The number of methoxy groups -OCH3 is 1. The number of hydrogen-bond donors (Lipinski definition) is 0. The van der Waals surface area contributed by atoms with Gasteiger partial charge < -0.3 is 14.5 Å². The van der Waals surface area contributed by atoms with Gasteiger partial charge in [0.2, 0.25) is 4.96 Å². The molecule has 0 saturated carbocycles. The van der Waals surface area contributed by atoms with Crippen LogP contribution in [0.4, 0.5) is 5.69 Å². The summed E-state index contributed by atoms with van der Waals surface area (Å²) in [6.07, 6.45) is 5.47. The van der Waals surface area contributed by atoms with Crippen molar-refractivity contribution in [3.05, 3.63) is 84.6 Å². The van der Waals surface area contributed by atoms with Crippen molar-refractivity contribution in [3.63, 3.8) is 0 Å². The van der Waals surface area contributed by atoms with E-state index in [4.69, 9.17) is 19.7 Å². The van der Waals surface area contributed by atoms with E-state index in [0.29, 0.717) is 16.6 Å². The summed E-state index contributed by atoms with van der Waals surface area (Å²) in [4.78, 5) is 27.1. The third-order valence-corrected chi connectivity index (χ3v) is 8.09. The highest BCUT2D eigenvalue weighted by Crippen LogP contribution is 2.31. The van der Waals surface area contributed by atoms with Gasteiger partial charge in [0.05, 0.1) is 17.5 Å². The van der Waals surface area contributed by atoms with E-state index < -0.39 is 5.97 Å². The highest BCUT2D eigenvalue weighted by atomic mass is 32.1. The van der Waals surface area contributed by atoms with Crippen molar-refractivity contribution in [2.24, 2.45) is 0 Å². The van der Waals surface area contributed by atoms with E-state index in [1.54, 1.807) is 35.9 Å². The summed E-state index contributed by atoms with van der Waals surface area (Å²) in [5.41, 5.74) is 5.54. The standard InChI is InChI=1S/C29H25N7O3S/c1-38-26-8-4-5-17-34(26)22-15-13-20(14-16-22)27-32-35-18-24(30-29(35)40-27)19-9-11-21(12-10-19)28(37)39-36-25-7-3-2-6-23(25)31-33-36/h2-3,6-7,9-16,18,26H,4-5,8,17H2,1H3. The van der Waals surface area contributed by atoms with Crippen LogP contribution in [0.1, 0.15) is 29.6 Å². The van der Waals surface area contributed by atoms with Crippen LogP contribution in [0.5, 0.6) is 0 Å². The molecule has 0 radical (unpaired) electrons. The zero-order valence-corrected chi connectivity index (χ0v) is 22.5. The largest absolute Gasteiger partial charge is 0.365 e. The minimum atomic E-state index is -0.525. The molecule has 1 aliphatic heterocycles. The van der Waals surface area contributed by atoms with E-state index in [2.05, 4.69) is 39.5 Å². The fourth-order valence-corrected chi connectivity index (χ4v) is 5.90. The quantitative estimate of drug-likeness (QED) is 0.264. The van der Waals surface area contributed by atoms with Crippen LogP contribution in [0, 0.1) is 0 Å². The lowest BCUT2D eigenvalue weighted by atomic mass is 10.1. The molecular formula is C29H25N7O3S. The average Bonchev–Trinajstić information content (AvgIpc) is 3.71. The van der Waals surface area contributed by atoms with Gasteiger partial charge in [0.15, 0.2) is 0 Å². The minimum Gasteiger partial charge on any atom is -0.362 e. The van der Waals surface area contributed by atoms with Crippen LogP contribution in [-0.4, -0.2) is 55.6 Å². The van der Waals surface area contributed by atoms with Crippen LogP contribution >= 0.6 is 11.3 Å². The first-order chi connectivity index (χ1) is 19.7. The van der Waals surface area contributed by atoms with Crippen molar-refractivity contribution in [2.45, 2.75) is 25.5 Å². The number of hydrogen-bond acceptors (Lipinski definition) is 9. The van der Waals surface area contributed by atoms with E-state index in [1.165, 1.54) is 29.9 Å². The summed E-state index contributed by atoms with van der Waals surface area (Å²) in [6, 6.07) is 22.9. The average molecular weight is 552 g/mol. The van der Waals surface area contributed by atoms with Gasteiger partial charge in [-0.15, -0.1) is 5.10 Å². The van der Waals surface area contributed by atoms with Crippen LogP contribution in [0.15, 0.2) is 79.0 Å². The molecule has 0 amide bonds. The number of benzene rings is 3. The molecule has 1 fully saturated rings. The molecular weight excluding hydrogens is 526 g/mol. The Labute approximate surface area is 233 Å². The first-order valence-corrected chi connectivity index (χ1v) is 13.9. The lowest BCUT2D eigenvalue weighted by Crippen LogP contribution is -2.40. The molecule has 0 bridgehead atoms. The molecule has 1 atom stereocenters. The van der Waals surface area contributed by atoms with Crippen molar-refractivity contribution >= 4 is 39.0 Å². The third kappa shape index (κ3) is 4.48. The number of rotatable bonds is 6. The zero-order valence-electron chi connectivity index (χ0n) is 21.7. The Bertz CT molecular complexity index is 1780. The number of carbonyl (C=O) groups is 1. The molecule has 10 nitrogen and oxygen atoms in total. The van der Waals surface area contributed by atoms with Crippen LogP contribution in [-0.2, 0) is 4.74 Å². The van der Waals surface area contributed by atoms with Crippen molar-refractivity contribution in [1.82, 2.24) is 29.8 Å². The van der Waals surface area contributed by atoms with Crippen molar-refractivity contribution in [1.29, 1.82) is 0 Å². The molecule has 1 saturated heterocycles. The van der Waals surface area contributed by atoms with Gasteiger partial charge in [-0.2, -0.15) is 5.10 Å². The van der Waals surface area contributed by atoms with Crippen LogP contribution in [0.25, 0.3) is 37.8 Å². The predicted molar refractivity (Wildman–Crippen MR) is 152 cm³/mol. The van der Waals surface area contributed by atoms with Gasteiger partial charge in [-0.25, -0.2) is 14.3 Å². The molecule has 1 unspecified atom stereocenters. The Balaban J connectivity index is 1.06. The Hall–Kier alpha value is -4.61. The molecule has 11 heteroatoms. The molecule has 4 heterocycles. The minimum absolute atomic E-state index is 0.134. The molecule has 1 aliphatic rings. The summed E-state index contributed by atoms with van der Waals surface area (Å²) in [5.74, 6) is -0.525. The first-order valence-electron chi connectivity index (χ1n) is 13.1. The normalized spacial score (nSPS) is 15.6. The first kappa shape index (κ1) is 24.4. The molecule has 6 aromatic rings. The maximum absolute atomic E-state index is 12.7. The highest BCUT2D eigenvalue weighted by molar-refractivity contribution is 7.19. The van der Waals surface area contributed by atoms with Gasteiger partial charge in [-0.3, -0.25) is 0 Å². The molecule has 7 rings (SSSR count). The van der Waals surface area contributed by atoms with Gasteiger partial charge in [-0.1, -0.05) is 40.4 Å². The number of ether oxygens (including phenoxy) is 1. The fraction of sp³-hybridized carbons (Fsp3) is 0.207. The molecule has 200 valence electrons. The summed E-state index contributed by atoms with van der Waals surface area (Å²) in [7, 11) is 1.78. The smallest absolute Gasteiger partial charge is 0.362 e. The van der Waals surface area contributed by atoms with Crippen molar-refractivity contribution in [2.75, 3.05) is 18.6 Å². The Morgan fingerprint density at radius 1 is 0.975 bits per heavy atom.